The Bertz CT molecular complexity index is 1060. The van der Waals surface area contributed by atoms with Crippen molar-refractivity contribution in [2.45, 2.75) is 46.2 Å². The van der Waals surface area contributed by atoms with E-state index in [0.29, 0.717) is 22.8 Å². The predicted molar refractivity (Wildman–Crippen MR) is 133 cm³/mol. The van der Waals surface area contributed by atoms with Crippen LogP contribution in [0.3, 0.4) is 0 Å². The number of benzene rings is 2. The van der Waals surface area contributed by atoms with E-state index in [1.54, 1.807) is 32.0 Å². The van der Waals surface area contributed by atoms with Crippen molar-refractivity contribution in [1.82, 2.24) is 10.2 Å². The molecule has 2 aromatic carbocycles. The molecular weight excluding hydrogens is 462 g/mol. The van der Waals surface area contributed by atoms with Gasteiger partial charge in [0.25, 0.3) is 0 Å². The van der Waals surface area contributed by atoms with E-state index in [0.717, 1.165) is 29.0 Å². The Morgan fingerprint density at radius 2 is 1.76 bits per heavy atom. The van der Waals surface area contributed by atoms with Gasteiger partial charge in [-0.05, 0) is 43.5 Å². The zero-order valence-corrected chi connectivity index (χ0v) is 21.1. The fraction of sp³-hybridized carbons (Fsp3) is 0.417. The lowest BCUT2D eigenvalue weighted by Crippen LogP contribution is -2.51. The van der Waals surface area contributed by atoms with Crippen LogP contribution in [0.4, 0.5) is 5.69 Å². The smallest absolute Gasteiger partial charge is 0.244 e. The Labute approximate surface area is 201 Å². The van der Waals surface area contributed by atoms with Crippen LogP contribution in [0, 0.1) is 6.92 Å². The van der Waals surface area contributed by atoms with Crippen LogP contribution in [0.1, 0.15) is 37.8 Å². The molecule has 0 spiro atoms. The zero-order chi connectivity index (χ0) is 24.6. The first-order chi connectivity index (χ1) is 15.6. The Morgan fingerprint density at radius 3 is 2.36 bits per heavy atom. The molecule has 0 saturated carbocycles. The largest absolute Gasteiger partial charge is 0.354 e. The van der Waals surface area contributed by atoms with Gasteiger partial charge in [-0.3, -0.25) is 13.9 Å². The molecule has 33 heavy (non-hydrogen) atoms. The van der Waals surface area contributed by atoms with Crippen molar-refractivity contribution < 1.29 is 18.0 Å². The van der Waals surface area contributed by atoms with Crippen LogP contribution >= 0.6 is 11.6 Å². The first-order valence-corrected chi connectivity index (χ1v) is 13.1. The molecule has 1 N–H and O–H groups in total. The monoisotopic (exact) mass is 493 g/mol. The summed E-state index contributed by atoms with van der Waals surface area (Å²) in [6, 6.07) is 13.4. The highest BCUT2D eigenvalue weighted by Gasteiger charge is 2.30. The highest BCUT2D eigenvalue weighted by atomic mass is 35.5. The third kappa shape index (κ3) is 7.47. The van der Waals surface area contributed by atoms with Gasteiger partial charge in [-0.25, -0.2) is 8.42 Å². The van der Waals surface area contributed by atoms with E-state index in [2.05, 4.69) is 5.32 Å². The normalized spacial score (nSPS) is 12.2. The van der Waals surface area contributed by atoms with Crippen LogP contribution in [0.2, 0.25) is 5.02 Å². The topological polar surface area (TPSA) is 86.8 Å². The summed E-state index contributed by atoms with van der Waals surface area (Å²) in [5, 5.41) is 3.26. The third-order valence-corrected chi connectivity index (χ3v) is 6.92. The molecule has 0 radical (unpaired) electrons. The van der Waals surface area contributed by atoms with Gasteiger partial charge >= 0.3 is 0 Å². The number of nitrogens with one attached hydrogen (secondary N) is 1. The van der Waals surface area contributed by atoms with E-state index in [-0.39, 0.29) is 12.5 Å². The number of rotatable bonds is 11. The van der Waals surface area contributed by atoms with Crippen molar-refractivity contribution in [2.75, 3.05) is 23.7 Å². The molecule has 0 fully saturated rings. The number of sulfonamides is 1. The SMILES string of the molecule is CCCCNC(=O)C(C)N(Cc1ccccc1)C(=O)CN(c1cccc(Cl)c1C)S(C)(=O)=O. The van der Waals surface area contributed by atoms with Crippen molar-refractivity contribution >= 4 is 39.1 Å². The van der Waals surface area contributed by atoms with E-state index >= 15 is 0 Å². The summed E-state index contributed by atoms with van der Waals surface area (Å²) in [6.45, 7) is 5.62. The molecule has 0 aliphatic carbocycles. The maximum Gasteiger partial charge on any atom is 0.244 e. The summed E-state index contributed by atoms with van der Waals surface area (Å²) in [5.41, 5.74) is 1.72. The number of hydrogen-bond donors (Lipinski definition) is 1. The molecule has 0 aliphatic heterocycles. The summed E-state index contributed by atoms with van der Waals surface area (Å²) < 4.78 is 26.3. The number of hydrogen-bond acceptors (Lipinski definition) is 4. The maximum atomic E-state index is 13.5. The van der Waals surface area contributed by atoms with E-state index in [1.807, 2.05) is 37.3 Å². The Kier molecular flexibility index (Phi) is 9.73. The molecule has 9 heteroatoms. The van der Waals surface area contributed by atoms with Gasteiger partial charge in [0.1, 0.15) is 12.6 Å². The molecule has 0 saturated heterocycles. The predicted octanol–water partition coefficient (Wildman–Crippen LogP) is 3.75. The Balaban J connectivity index is 2.36. The van der Waals surface area contributed by atoms with Crippen LogP contribution in [-0.2, 0) is 26.2 Å². The van der Waals surface area contributed by atoms with Gasteiger partial charge in [-0.2, -0.15) is 0 Å². The molecule has 0 bridgehead atoms. The van der Waals surface area contributed by atoms with Crippen molar-refractivity contribution in [2.24, 2.45) is 0 Å². The third-order valence-electron chi connectivity index (χ3n) is 5.38. The summed E-state index contributed by atoms with van der Waals surface area (Å²) in [4.78, 5) is 27.6. The Hall–Kier alpha value is -2.58. The second-order valence-corrected chi connectivity index (χ2v) is 10.3. The molecular formula is C24H32ClN3O4S. The summed E-state index contributed by atoms with van der Waals surface area (Å²) >= 11 is 6.20. The number of amides is 2. The molecule has 0 heterocycles. The molecule has 2 aromatic rings. The van der Waals surface area contributed by atoms with Crippen LogP contribution in [0.15, 0.2) is 48.5 Å². The fourth-order valence-electron chi connectivity index (χ4n) is 3.36. The van der Waals surface area contributed by atoms with Gasteiger partial charge in [0.15, 0.2) is 0 Å². The lowest BCUT2D eigenvalue weighted by atomic mass is 10.1. The number of carbonyl (C=O) groups excluding carboxylic acids is 2. The highest BCUT2D eigenvalue weighted by Crippen LogP contribution is 2.28. The molecule has 2 amide bonds. The molecule has 0 aliphatic rings. The van der Waals surface area contributed by atoms with E-state index in [1.165, 1.54) is 4.90 Å². The summed E-state index contributed by atoms with van der Waals surface area (Å²) in [5.74, 6) is -0.764. The highest BCUT2D eigenvalue weighted by molar-refractivity contribution is 7.92. The van der Waals surface area contributed by atoms with Gasteiger partial charge in [0.05, 0.1) is 11.9 Å². The summed E-state index contributed by atoms with van der Waals surface area (Å²) in [7, 11) is -3.80. The lowest BCUT2D eigenvalue weighted by molar-refractivity contribution is -0.139. The second-order valence-electron chi connectivity index (χ2n) is 7.98. The average Bonchev–Trinajstić information content (AvgIpc) is 2.77. The molecule has 0 aromatic heterocycles. The van der Waals surface area contributed by atoms with Crippen molar-refractivity contribution in [3.8, 4) is 0 Å². The first-order valence-electron chi connectivity index (χ1n) is 10.9. The minimum Gasteiger partial charge on any atom is -0.354 e. The molecule has 1 unspecified atom stereocenters. The minimum absolute atomic E-state index is 0.175. The zero-order valence-electron chi connectivity index (χ0n) is 19.5. The van der Waals surface area contributed by atoms with Gasteiger partial charge in [-0.1, -0.05) is 61.3 Å². The maximum absolute atomic E-state index is 13.5. The Morgan fingerprint density at radius 1 is 1.09 bits per heavy atom. The molecule has 7 nitrogen and oxygen atoms in total. The second kappa shape index (κ2) is 12.0. The quantitative estimate of drug-likeness (QED) is 0.483. The van der Waals surface area contributed by atoms with Crippen molar-refractivity contribution in [1.29, 1.82) is 0 Å². The number of carbonyl (C=O) groups is 2. The average molecular weight is 494 g/mol. The van der Waals surface area contributed by atoms with Crippen LogP contribution in [0.5, 0.6) is 0 Å². The minimum atomic E-state index is -3.80. The first kappa shape index (κ1) is 26.7. The summed E-state index contributed by atoms with van der Waals surface area (Å²) in [6.07, 6.45) is 2.81. The van der Waals surface area contributed by atoms with Crippen LogP contribution in [0.25, 0.3) is 0 Å². The van der Waals surface area contributed by atoms with Gasteiger partial charge in [-0.15, -0.1) is 0 Å². The number of halogens is 1. The van der Waals surface area contributed by atoms with Crippen LogP contribution < -0.4 is 9.62 Å². The standard InChI is InChI=1S/C24H32ClN3O4S/c1-5-6-15-26-24(30)19(3)27(16-20-11-8-7-9-12-20)23(29)17-28(33(4,31)32)22-14-10-13-21(25)18(22)2/h7-14,19H,5-6,15-17H2,1-4H3,(H,26,30). The van der Waals surface area contributed by atoms with E-state index in [4.69, 9.17) is 11.6 Å². The van der Waals surface area contributed by atoms with Crippen molar-refractivity contribution in [3.05, 3.63) is 64.7 Å². The van der Waals surface area contributed by atoms with Gasteiger partial charge in [0, 0.05) is 18.1 Å². The fourth-order valence-corrected chi connectivity index (χ4v) is 4.43. The number of nitrogens with zero attached hydrogens (tertiary/aromatic N) is 2. The van der Waals surface area contributed by atoms with E-state index < -0.39 is 28.5 Å². The molecule has 1 atom stereocenters. The van der Waals surface area contributed by atoms with Gasteiger partial charge < -0.3 is 10.2 Å². The lowest BCUT2D eigenvalue weighted by Gasteiger charge is -2.32. The van der Waals surface area contributed by atoms with Gasteiger partial charge in [0.2, 0.25) is 21.8 Å². The number of anilines is 1. The molecule has 180 valence electrons. The van der Waals surface area contributed by atoms with Crippen LogP contribution in [-0.4, -0.2) is 50.5 Å². The molecule has 2 rings (SSSR count). The van der Waals surface area contributed by atoms with E-state index in [9.17, 15) is 18.0 Å². The van der Waals surface area contributed by atoms with Crippen molar-refractivity contribution in [3.63, 3.8) is 0 Å². The number of unbranched alkanes of at least 4 members (excludes halogenated alkanes) is 1.